The molecule has 0 saturated heterocycles. The normalized spacial score (nSPS) is 17.2. The van der Waals surface area contributed by atoms with E-state index in [1.807, 2.05) is 11.8 Å². The average molecular weight is 411 g/mol. The van der Waals surface area contributed by atoms with Gasteiger partial charge < -0.3 is 0 Å². The lowest BCUT2D eigenvalue weighted by atomic mass is 10.2. The molecule has 0 radical (unpaired) electrons. The van der Waals surface area contributed by atoms with Gasteiger partial charge in [0, 0.05) is 6.42 Å². The highest BCUT2D eigenvalue weighted by atomic mass is 35.7. The summed E-state index contributed by atoms with van der Waals surface area (Å²) in [7, 11) is -4.80. The summed E-state index contributed by atoms with van der Waals surface area (Å²) >= 11 is 1.94. The van der Waals surface area contributed by atoms with E-state index in [0.29, 0.717) is 0 Å². The van der Waals surface area contributed by atoms with Crippen molar-refractivity contribution in [2.24, 2.45) is 0 Å². The Balaban J connectivity index is 0.000000349. The summed E-state index contributed by atoms with van der Waals surface area (Å²) in [4.78, 5) is 7.64. The molecular weight excluding hydrogens is 392 g/mol. The second-order valence-corrected chi connectivity index (χ2v) is 9.81. The highest BCUT2D eigenvalue weighted by Crippen LogP contribution is 2.48. The molecule has 0 amide bonds. The molecule has 0 N–H and O–H groups in total. The predicted octanol–water partition coefficient (Wildman–Crippen LogP) is 1.28. The summed E-state index contributed by atoms with van der Waals surface area (Å²) in [6, 6.07) is 18.0. The van der Waals surface area contributed by atoms with Gasteiger partial charge in [0.2, 0.25) is 0 Å². The number of benzene rings is 2. The van der Waals surface area contributed by atoms with E-state index in [-0.39, 0.29) is 10.9 Å². The third kappa shape index (κ3) is 5.27. The summed E-state index contributed by atoms with van der Waals surface area (Å²) in [5, 5.41) is 0. The molecule has 0 spiro atoms. The van der Waals surface area contributed by atoms with Crippen molar-refractivity contribution in [1.82, 2.24) is 0 Å². The fourth-order valence-electron chi connectivity index (χ4n) is 3.10. The summed E-state index contributed by atoms with van der Waals surface area (Å²) in [6.07, 6.45) is 9.17. The Morgan fingerprint density at radius 3 is 1.88 bits per heavy atom. The van der Waals surface area contributed by atoms with E-state index in [1.165, 1.54) is 51.7 Å². The van der Waals surface area contributed by atoms with Gasteiger partial charge in [-0.3, -0.25) is 0 Å². The fraction of sp³-hybridized carbons (Fsp3) is 0.263. The smallest absolute Gasteiger partial charge is 0.180 e. The number of hydrogen-bond donors (Lipinski definition) is 0. The van der Waals surface area contributed by atoms with Gasteiger partial charge in [0.1, 0.15) is 4.91 Å². The van der Waals surface area contributed by atoms with Crippen molar-refractivity contribution in [2.45, 2.75) is 51.7 Å². The highest BCUT2D eigenvalue weighted by Gasteiger charge is 2.39. The van der Waals surface area contributed by atoms with E-state index in [1.54, 1.807) is 4.91 Å². The van der Waals surface area contributed by atoms with Gasteiger partial charge in [-0.2, -0.15) is 0 Å². The number of hydrogen-bond acceptors (Lipinski definition) is 5. The molecule has 26 heavy (non-hydrogen) atoms. The monoisotopic (exact) mass is 410 g/mol. The van der Waals surface area contributed by atoms with Crippen molar-refractivity contribution >= 4 is 22.7 Å². The molecular formula is C19H19ClO4S2. The molecule has 1 aliphatic heterocycles. The molecule has 0 atom stereocenters. The molecule has 4 rings (SSSR count). The summed E-state index contributed by atoms with van der Waals surface area (Å²) in [6.45, 7) is 0. The lowest BCUT2D eigenvalue weighted by Crippen LogP contribution is -2.68. The van der Waals surface area contributed by atoms with Gasteiger partial charge in [-0.25, -0.2) is 18.6 Å². The SMILES string of the molecule is C1=C([S+]2c3ccccc3Sc3ccccc32)CCCCC1.[O-][Cl+3]([O-])([O-])[O-]. The largest absolute Gasteiger partial charge is 0.222 e. The molecule has 2 aromatic carbocycles. The average Bonchev–Trinajstić information content (AvgIpc) is 2.87. The van der Waals surface area contributed by atoms with E-state index < -0.39 is 10.2 Å². The summed E-state index contributed by atoms with van der Waals surface area (Å²) in [5.74, 6) is 0. The van der Waals surface area contributed by atoms with Gasteiger partial charge in [-0.05, 0) is 49.6 Å². The standard InChI is InChI=1S/C19H19S2.ClHO4/c1-2-4-10-15(9-3-1)21-18-13-7-5-11-16(18)20-17-12-6-8-14-19(17)21;2-1(3,4)5/h5-9,11-14H,1-4,10H2;(H,2,3,4,5)/q+1;/p-1. The maximum absolute atomic E-state index is 8.49. The fourth-order valence-corrected chi connectivity index (χ4v) is 7.12. The Bertz CT molecular complexity index is 738. The van der Waals surface area contributed by atoms with Gasteiger partial charge in [0.05, 0.1) is 20.7 Å². The Morgan fingerprint density at radius 1 is 0.769 bits per heavy atom. The van der Waals surface area contributed by atoms with Crippen molar-refractivity contribution in [2.75, 3.05) is 0 Å². The molecule has 4 nitrogen and oxygen atoms in total. The van der Waals surface area contributed by atoms with Crippen LogP contribution in [0.1, 0.15) is 32.1 Å². The van der Waals surface area contributed by atoms with Gasteiger partial charge in [0.25, 0.3) is 0 Å². The zero-order valence-electron chi connectivity index (χ0n) is 14.1. The van der Waals surface area contributed by atoms with Crippen LogP contribution < -0.4 is 18.6 Å². The van der Waals surface area contributed by atoms with Crippen LogP contribution in [-0.4, -0.2) is 0 Å². The van der Waals surface area contributed by atoms with E-state index >= 15 is 0 Å². The first-order valence-electron chi connectivity index (χ1n) is 8.34. The Kier molecular flexibility index (Phi) is 6.69. The van der Waals surface area contributed by atoms with Crippen molar-refractivity contribution in [3.63, 3.8) is 0 Å². The van der Waals surface area contributed by atoms with Gasteiger partial charge >= 0.3 is 0 Å². The van der Waals surface area contributed by atoms with Crippen LogP contribution in [0.25, 0.3) is 0 Å². The van der Waals surface area contributed by atoms with Crippen LogP contribution in [0.5, 0.6) is 0 Å². The van der Waals surface area contributed by atoms with E-state index in [2.05, 4.69) is 54.6 Å². The lowest BCUT2D eigenvalue weighted by Gasteiger charge is -2.20. The molecule has 0 aromatic heterocycles. The molecule has 1 heterocycles. The second kappa shape index (κ2) is 8.80. The first-order chi connectivity index (χ1) is 12.4. The van der Waals surface area contributed by atoms with Crippen LogP contribution in [0.2, 0.25) is 0 Å². The molecule has 0 bridgehead atoms. The minimum atomic E-state index is -4.94. The van der Waals surface area contributed by atoms with Crippen molar-refractivity contribution < 1.29 is 28.9 Å². The minimum Gasteiger partial charge on any atom is -0.222 e. The van der Waals surface area contributed by atoms with Crippen molar-refractivity contribution in [3.8, 4) is 0 Å². The van der Waals surface area contributed by atoms with Gasteiger partial charge in [-0.1, -0.05) is 42.4 Å². The second-order valence-electron chi connectivity index (χ2n) is 5.95. The molecule has 138 valence electrons. The van der Waals surface area contributed by atoms with E-state index in [4.69, 9.17) is 18.6 Å². The zero-order valence-corrected chi connectivity index (χ0v) is 16.4. The van der Waals surface area contributed by atoms with Crippen LogP contribution in [0.15, 0.2) is 79.1 Å². The molecule has 1 aliphatic carbocycles. The van der Waals surface area contributed by atoms with E-state index in [0.717, 1.165) is 0 Å². The van der Waals surface area contributed by atoms with Crippen LogP contribution >= 0.6 is 11.8 Å². The topological polar surface area (TPSA) is 92.2 Å². The molecule has 0 unspecified atom stereocenters. The quantitative estimate of drug-likeness (QED) is 0.660. The first-order valence-corrected chi connectivity index (χ1v) is 11.6. The summed E-state index contributed by atoms with van der Waals surface area (Å²) in [5.41, 5.74) is 0. The van der Waals surface area contributed by atoms with Crippen molar-refractivity contribution in [1.29, 1.82) is 0 Å². The third-order valence-corrected chi connectivity index (χ3v) is 8.02. The third-order valence-electron chi connectivity index (χ3n) is 4.12. The predicted molar refractivity (Wildman–Crippen MR) is 92.1 cm³/mol. The number of fused-ring (bicyclic) bond motifs is 2. The maximum atomic E-state index is 8.49. The number of allylic oxidation sites excluding steroid dienone is 2. The Hall–Kier alpha value is -0.990. The first kappa shape index (κ1) is 19.8. The van der Waals surface area contributed by atoms with Crippen LogP contribution in [0.3, 0.4) is 0 Å². The van der Waals surface area contributed by atoms with Gasteiger partial charge in [-0.15, -0.1) is 10.2 Å². The molecule has 0 saturated carbocycles. The molecule has 0 fully saturated rings. The molecule has 2 aromatic rings. The van der Waals surface area contributed by atoms with Gasteiger partial charge in [0.15, 0.2) is 9.79 Å². The molecule has 7 heteroatoms. The highest BCUT2D eigenvalue weighted by molar-refractivity contribution is 8.05. The lowest BCUT2D eigenvalue weighted by molar-refractivity contribution is -2.00. The number of rotatable bonds is 1. The van der Waals surface area contributed by atoms with E-state index in [9.17, 15) is 0 Å². The van der Waals surface area contributed by atoms with Crippen LogP contribution in [0.4, 0.5) is 0 Å². The zero-order chi connectivity index (χ0) is 18.6. The minimum absolute atomic E-state index is 0.148. The summed E-state index contributed by atoms with van der Waals surface area (Å²) < 4.78 is 34.0. The number of halogens is 1. The Labute approximate surface area is 162 Å². The molecule has 2 aliphatic rings. The van der Waals surface area contributed by atoms with Crippen LogP contribution in [0, 0.1) is 10.2 Å². The maximum Gasteiger partial charge on any atom is 0.180 e. The van der Waals surface area contributed by atoms with Crippen molar-refractivity contribution in [3.05, 3.63) is 59.5 Å². The Morgan fingerprint density at radius 2 is 1.31 bits per heavy atom. The van der Waals surface area contributed by atoms with Crippen LogP contribution in [-0.2, 0) is 10.9 Å².